The van der Waals surface area contributed by atoms with Gasteiger partial charge in [-0.3, -0.25) is 9.59 Å². The van der Waals surface area contributed by atoms with Crippen LogP contribution in [0.3, 0.4) is 0 Å². The second-order valence-corrected chi connectivity index (χ2v) is 7.25. The molecular weight excluding hydrogens is 328 g/mol. The van der Waals surface area contributed by atoms with Crippen molar-refractivity contribution in [2.24, 2.45) is 11.3 Å². The largest absolute Gasteiger partial charge is 0.508 e. The number of carbonyl (C=O) groups is 2. The van der Waals surface area contributed by atoms with Gasteiger partial charge in [0.25, 0.3) is 0 Å². The van der Waals surface area contributed by atoms with E-state index in [0.29, 0.717) is 28.9 Å². The summed E-state index contributed by atoms with van der Waals surface area (Å²) in [6.07, 6.45) is 4.14. The Morgan fingerprint density at radius 1 is 1.27 bits per heavy atom. The maximum absolute atomic E-state index is 13.4. The summed E-state index contributed by atoms with van der Waals surface area (Å²) < 4.78 is 5.48. The number of methoxy groups -OCH3 is 1. The van der Waals surface area contributed by atoms with Crippen molar-refractivity contribution in [3.8, 4) is 11.5 Å². The lowest BCUT2D eigenvalue weighted by Gasteiger charge is -2.48. The second-order valence-electron chi connectivity index (χ2n) is 7.25. The van der Waals surface area contributed by atoms with E-state index in [1.807, 2.05) is 13.0 Å². The van der Waals surface area contributed by atoms with Crippen LogP contribution in [-0.2, 0) is 9.59 Å². The number of carbonyl (C=O) groups excluding carboxylic acids is 2. The first-order valence-electron chi connectivity index (χ1n) is 8.73. The lowest BCUT2D eigenvalue weighted by atomic mass is 9.52. The molecular formula is C22H24O4. The van der Waals surface area contributed by atoms with Crippen LogP contribution < -0.4 is 4.74 Å². The zero-order chi connectivity index (χ0) is 19.2. The quantitative estimate of drug-likeness (QED) is 0.889. The minimum Gasteiger partial charge on any atom is -0.508 e. The van der Waals surface area contributed by atoms with Crippen LogP contribution in [0.4, 0.5) is 0 Å². The van der Waals surface area contributed by atoms with E-state index >= 15 is 0 Å². The average Bonchev–Trinajstić information content (AvgIpc) is 2.64. The molecule has 4 nitrogen and oxygen atoms in total. The Balaban J connectivity index is 2.34. The van der Waals surface area contributed by atoms with E-state index in [2.05, 4.69) is 6.58 Å². The van der Waals surface area contributed by atoms with Crippen molar-refractivity contribution in [1.82, 2.24) is 0 Å². The number of hydrogen-bond donors (Lipinski definition) is 1. The van der Waals surface area contributed by atoms with E-state index in [1.165, 1.54) is 7.11 Å². The molecule has 1 N–H and O–H groups in total. The second kappa shape index (κ2) is 6.27. The van der Waals surface area contributed by atoms with Crippen LogP contribution in [0.2, 0.25) is 0 Å². The maximum atomic E-state index is 13.4. The zero-order valence-corrected chi connectivity index (χ0v) is 15.6. The summed E-state index contributed by atoms with van der Waals surface area (Å²) in [5.41, 5.74) is 1.40. The van der Waals surface area contributed by atoms with Gasteiger partial charge < -0.3 is 9.84 Å². The number of phenols is 1. The molecule has 0 aliphatic heterocycles. The van der Waals surface area contributed by atoms with Crippen molar-refractivity contribution < 1.29 is 19.4 Å². The Kier molecular flexibility index (Phi) is 4.39. The SMILES string of the molecule is C=CC1=CCC2C(=O)C(C)=C(C)C(=O)C2(C)C1c1c(O)cccc1OC. The van der Waals surface area contributed by atoms with Gasteiger partial charge in [0.1, 0.15) is 11.5 Å². The molecule has 4 heteroatoms. The van der Waals surface area contributed by atoms with Crippen LogP contribution in [-0.4, -0.2) is 23.8 Å². The Hall–Kier alpha value is -2.62. The van der Waals surface area contributed by atoms with Gasteiger partial charge in [-0.1, -0.05) is 31.7 Å². The molecule has 0 saturated heterocycles. The van der Waals surface area contributed by atoms with Crippen LogP contribution in [0, 0.1) is 11.3 Å². The summed E-state index contributed by atoms with van der Waals surface area (Å²) in [5.74, 6) is -0.473. The first-order valence-corrected chi connectivity index (χ1v) is 8.73. The van der Waals surface area contributed by atoms with Gasteiger partial charge in [0.2, 0.25) is 0 Å². The number of ether oxygens (including phenoxy) is 1. The first kappa shape index (κ1) is 18.2. The number of hydrogen-bond acceptors (Lipinski definition) is 4. The van der Waals surface area contributed by atoms with Crippen LogP contribution in [0.15, 0.2) is 53.6 Å². The standard InChI is InChI=1S/C22H24O4/c1-6-14-10-11-15-20(24)12(2)13(3)21(25)22(15,4)19(14)18-16(23)8-7-9-17(18)26-5/h6-10,15,19,23H,1,11H2,2-5H3. The van der Waals surface area contributed by atoms with Crippen molar-refractivity contribution in [3.63, 3.8) is 0 Å². The fourth-order valence-corrected chi connectivity index (χ4v) is 4.52. The summed E-state index contributed by atoms with van der Waals surface area (Å²) in [7, 11) is 1.53. The summed E-state index contributed by atoms with van der Waals surface area (Å²) in [6, 6.07) is 5.03. The summed E-state index contributed by atoms with van der Waals surface area (Å²) in [4.78, 5) is 26.4. The van der Waals surface area contributed by atoms with E-state index in [0.717, 1.165) is 5.57 Å². The number of allylic oxidation sites excluding steroid dienone is 5. The molecule has 3 unspecified atom stereocenters. The highest BCUT2D eigenvalue weighted by Crippen LogP contribution is 2.58. The molecule has 0 spiro atoms. The highest BCUT2D eigenvalue weighted by Gasteiger charge is 2.57. The molecule has 0 aromatic heterocycles. The minimum absolute atomic E-state index is 0.00310. The number of rotatable bonds is 3. The van der Waals surface area contributed by atoms with Crippen LogP contribution >= 0.6 is 0 Å². The highest BCUT2D eigenvalue weighted by molar-refractivity contribution is 6.15. The topological polar surface area (TPSA) is 63.6 Å². The predicted octanol–water partition coefficient (Wildman–Crippen LogP) is 4.11. The summed E-state index contributed by atoms with van der Waals surface area (Å²) >= 11 is 0. The lowest BCUT2D eigenvalue weighted by Crippen LogP contribution is -2.51. The van der Waals surface area contributed by atoms with Gasteiger partial charge in [0.05, 0.1) is 12.5 Å². The Morgan fingerprint density at radius 2 is 1.96 bits per heavy atom. The van der Waals surface area contributed by atoms with Gasteiger partial charge in [-0.25, -0.2) is 0 Å². The number of fused-ring (bicyclic) bond motifs is 1. The molecule has 136 valence electrons. The maximum Gasteiger partial charge on any atom is 0.166 e. The molecule has 0 bridgehead atoms. The van der Waals surface area contributed by atoms with Gasteiger partial charge in [-0.2, -0.15) is 0 Å². The summed E-state index contributed by atoms with van der Waals surface area (Å²) in [5, 5.41) is 10.6. The van der Waals surface area contributed by atoms with Crippen molar-refractivity contribution in [2.45, 2.75) is 33.1 Å². The van der Waals surface area contributed by atoms with Crippen LogP contribution in [0.25, 0.3) is 0 Å². The molecule has 3 rings (SSSR count). The minimum atomic E-state index is -0.995. The Morgan fingerprint density at radius 3 is 2.58 bits per heavy atom. The number of ketones is 2. The average molecular weight is 352 g/mol. The number of Topliss-reactive ketones (excluding diaryl/α,β-unsaturated/α-hetero) is 2. The zero-order valence-electron chi connectivity index (χ0n) is 15.6. The van der Waals surface area contributed by atoms with E-state index in [1.54, 1.807) is 38.1 Å². The molecule has 1 aromatic carbocycles. The van der Waals surface area contributed by atoms with Gasteiger partial charge >= 0.3 is 0 Å². The molecule has 0 fully saturated rings. The molecule has 2 aliphatic carbocycles. The molecule has 0 saturated carbocycles. The van der Waals surface area contributed by atoms with Crippen LogP contribution in [0.1, 0.15) is 38.7 Å². The van der Waals surface area contributed by atoms with E-state index in [-0.39, 0.29) is 17.3 Å². The third kappa shape index (κ3) is 2.28. The third-order valence-corrected chi connectivity index (χ3v) is 6.11. The Labute approximate surface area is 153 Å². The van der Waals surface area contributed by atoms with Gasteiger partial charge in [0, 0.05) is 17.4 Å². The van der Waals surface area contributed by atoms with Gasteiger partial charge in [0.15, 0.2) is 11.6 Å². The number of aromatic hydroxyl groups is 1. The van der Waals surface area contributed by atoms with Crippen molar-refractivity contribution >= 4 is 11.6 Å². The van der Waals surface area contributed by atoms with Crippen molar-refractivity contribution in [3.05, 3.63) is 59.2 Å². The molecule has 0 amide bonds. The van der Waals surface area contributed by atoms with E-state index in [4.69, 9.17) is 4.74 Å². The predicted molar refractivity (Wildman–Crippen MR) is 100 cm³/mol. The fraction of sp³-hybridized carbons (Fsp3) is 0.364. The lowest BCUT2D eigenvalue weighted by molar-refractivity contribution is -0.138. The van der Waals surface area contributed by atoms with Crippen molar-refractivity contribution in [2.75, 3.05) is 7.11 Å². The first-order chi connectivity index (χ1) is 12.3. The molecule has 1 aromatic rings. The molecule has 0 heterocycles. The van der Waals surface area contributed by atoms with E-state index < -0.39 is 17.3 Å². The molecule has 3 atom stereocenters. The third-order valence-electron chi connectivity index (χ3n) is 6.11. The van der Waals surface area contributed by atoms with Crippen LogP contribution in [0.5, 0.6) is 11.5 Å². The molecule has 2 aliphatic rings. The van der Waals surface area contributed by atoms with Gasteiger partial charge in [-0.05, 0) is 49.1 Å². The molecule has 26 heavy (non-hydrogen) atoms. The van der Waals surface area contributed by atoms with Crippen molar-refractivity contribution in [1.29, 1.82) is 0 Å². The van der Waals surface area contributed by atoms with E-state index in [9.17, 15) is 14.7 Å². The highest BCUT2D eigenvalue weighted by atomic mass is 16.5. The summed E-state index contributed by atoms with van der Waals surface area (Å²) in [6.45, 7) is 9.16. The van der Waals surface area contributed by atoms with Gasteiger partial charge in [-0.15, -0.1) is 0 Å². The number of benzene rings is 1. The monoisotopic (exact) mass is 352 g/mol. The normalized spacial score (nSPS) is 28.5. The fourth-order valence-electron chi connectivity index (χ4n) is 4.52. The molecule has 0 radical (unpaired) electrons. The Bertz CT molecular complexity index is 874. The number of phenolic OH excluding ortho intramolecular Hbond substituents is 1. The smallest absolute Gasteiger partial charge is 0.166 e.